The van der Waals surface area contributed by atoms with Gasteiger partial charge in [-0.1, -0.05) is 0 Å². The minimum atomic E-state index is 0.0391. The number of hydrogen-bond donors (Lipinski definition) is 0. The van der Waals surface area contributed by atoms with Gasteiger partial charge in [-0.25, -0.2) is 0 Å². The molecule has 1 aliphatic rings. The Morgan fingerprint density at radius 3 is 2.09 bits per heavy atom. The van der Waals surface area contributed by atoms with Gasteiger partial charge in [-0.3, -0.25) is 4.79 Å². The zero-order chi connectivity index (χ0) is 8.43. The fourth-order valence-electron chi connectivity index (χ4n) is 1.77. The third-order valence-corrected chi connectivity index (χ3v) is 2.81. The van der Waals surface area contributed by atoms with Crippen LogP contribution in [0, 0.1) is 0 Å². The van der Waals surface area contributed by atoms with Gasteiger partial charge in [-0.05, 0) is 33.1 Å². The van der Waals surface area contributed by atoms with Gasteiger partial charge in [-0.15, -0.1) is 0 Å². The maximum Gasteiger partial charge on any atom is 0.290 e. The molecule has 64 valence electrons. The Morgan fingerprint density at radius 1 is 1.36 bits per heavy atom. The number of rotatable bonds is 0. The van der Waals surface area contributed by atoms with Crippen molar-refractivity contribution in [2.24, 2.45) is 0 Å². The Morgan fingerprint density at radius 2 is 1.82 bits per heavy atom. The number of piperidine rings is 1. The number of halogens is 1. The normalized spacial score (nSPS) is 32.1. The molecule has 0 aromatic rings. The van der Waals surface area contributed by atoms with Crippen molar-refractivity contribution in [3.05, 3.63) is 0 Å². The third kappa shape index (κ3) is 1.95. The van der Waals surface area contributed by atoms with Crippen LogP contribution >= 0.6 is 15.9 Å². The molecule has 0 bridgehead atoms. The van der Waals surface area contributed by atoms with Gasteiger partial charge in [0, 0.05) is 28.0 Å². The molecule has 1 heterocycles. The summed E-state index contributed by atoms with van der Waals surface area (Å²) >= 11 is 3.00. The van der Waals surface area contributed by atoms with Crippen LogP contribution in [0.25, 0.3) is 0 Å². The van der Waals surface area contributed by atoms with E-state index in [4.69, 9.17) is 0 Å². The van der Waals surface area contributed by atoms with Crippen molar-refractivity contribution in [2.45, 2.75) is 45.2 Å². The lowest BCUT2D eigenvalue weighted by Crippen LogP contribution is -2.44. The SMILES string of the molecule is CC1CCCC(C)N1C(=O)Br. The molecule has 1 fully saturated rings. The molecule has 0 radical (unpaired) electrons. The number of hydrogen-bond acceptors (Lipinski definition) is 1. The Labute approximate surface area is 76.1 Å². The second-order valence-corrected chi connectivity index (χ2v) is 3.97. The monoisotopic (exact) mass is 219 g/mol. The Hall–Kier alpha value is -0.0500. The molecule has 2 nitrogen and oxygen atoms in total. The van der Waals surface area contributed by atoms with Crippen molar-refractivity contribution in [3.63, 3.8) is 0 Å². The first-order valence-corrected chi connectivity index (χ1v) is 4.90. The van der Waals surface area contributed by atoms with Crippen LogP contribution in [0.4, 0.5) is 4.79 Å². The Balaban J connectivity index is 2.62. The van der Waals surface area contributed by atoms with E-state index in [1.807, 2.05) is 4.90 Å². The smallest absolute Gasteiger partial charge is 0.290 e. The lowest BCUT2D eigenvalue weighted by atomic mass is 9.99. The predicted octanol–water partition coefficient (Wildman–Crippen LogP) is 2.76. The molecule has 0 aliphatic carbocycles. The van der Waals surface area contributed by atoms with Gasteiger partial charge >= 0.3 is 0 Å². The number of nitrogens with zero attached hydrogens (tertiary/aromatic N) is 1. The van der Waals surface area contributed by atoms with Crippen molar-refractivity contribution in [1.82, 2.24) is 4.90 Å². The zero-order valence-electron chi connectivity index (χ0n) is 7.01. The van der Waals surface area contributed by atoms with E-state index in [0.717, 1.165) is 12.8 Å². The van der Waals surface area contributed by atoms with E-state index >= 15 is 0 Å². The summed E-state index contributed by atoms with van der Waals surface area (Å²) in [6.07, 6.45) is 3.53. The predicted molar refractivity (Wildman–Crippen MR) is 48.9 cm³/mol. The van der Waals surface area contributed by atoms with E-state index in [1.165, 1.54) is 6.42 Å². The standard InChI is InChI=1S/C8H14BrNO/c1-6-4-3-5-7(2)10(6)8(9)11/h6-7H,3-5H2,1-2H3. The first-order chi connectivity index (χ1) is 5.13. The molecule has 0 spiro atoms. The van der Waals surface area contributed by atoms with Crippen LogP contribution in [0.5, 0.6) is 0 Å². The molecular formula is C8H14BrNO. The number of carbonyl (C=O) groups excluding carboxylic acids is 1. The van der Waals surface area contributed by atoms with E-state index in [9.17, 15) is 4.79 Å². The van der Waals surface area contributed by atoms with E-state index in [1.54, 1.807) is 0 Å². The second-order valence-electron chi connectivity index (χ2n) is 3.29. The lowest BCUT2D eigenvalue weighted by Gasteiger charge is -2.37. The van der Waals surface area contributed by atoms with Gasteiger partial charge in [0.1, 0.15) is 0 Å². The van der Waals surface area contributed by atoms with Gasteiger partial charge in [0.05, 0.1) is 0 Å². The highest BCUT2D eigenvalue weighted by Gasteiger charge is 2.26. The molecule has 1 aliphatic heterocycles. The first kappa shape index (κ1) is 9.04. The molecule has 0 saturated carbocycles. The second kappa shape index (κ2) is 3.57. The van der Waals surface area contributed by atoms with Gasteiger partial charge in [0.2, 0.25) is 0 Å². The van der Waals surface area contributed by atoms with Crippen molar-refractivity contribution in [2.75, 3.05) is 0 Å². The highest BCUT2D eigenvalue weighted by atomic mass is 79.9. The molecule has 1 rings (SSSR count). The molecule has 2 atom stereocenters. The van der Waals surface area contributed by atoms with Crippen LogP contribution in [-0.4, -0.2) is 21.8 Å². The van der Waals surface area contributed by atoms with Gasteiger partial charge in [0.25, 0.3) is 4.82 Å². The van der Waals surface area contributed by atoms with Gasteiger partial charge in [0.15, 0.2) is 0 Å². The quantitative estimate of drug-likeness (QED) is 0.454. The maximum absolute atomic E-state index is 11.1. The van der Waals surface area contributed by atoms with Crippen LogP contribution in [0.15, 0.2) is 0 Å². The zero-order valence-corrected chi connectivity index (χ0v) is 8.60. The van der Waals surface area contributed by atoms with E-state index < -0.39 is 0 Å². The topological polar surface area (TPSA) is 20.3 Å². The van der Waals surface area contributed by atoms with Crippen molar-refractivity contribution in [3.8, 4) is 0 Å². The van der Waals surface area contributed by atoms with Gasteiger partial charge in [-0.2, -0.15) is 0 Å². The largest absolute Gasteiger partial charge is 0.328 e. The van der Waals surface area contributed by atoms with E-state index in [2.05, 4.69) is 29.8 Å². The van der Waals surface area contributed by atoms with Crippen LogP contribution < -0.4 is 0 Å². The lowest BCUT2D eigenvalue weighted by molar-refractivity contribution is 0.144. The molecule has 11 heavy (non-hydrogen) atoms. The third-order valence-electron chi connectivity index (χ3n) is 2.40. The Kier molecular flexibility index (Phi) is 2.93. The maximum atomic E-state index is 11.1. The van der Waals surface area contributed by atoms with E-state index in [-0.39, 0.29) is 4.82 Å². The van der Waals surface area contributed by atoms with Crippen molar-refractivity contribution >= 4 is 20.7 Å². The average Bonchev–Trinajstić information content (AvgIpc) is 1.85. The first-order valence-electron chi connectivity index (χ1n) is 4.10. The summed E-state index contributed by atoms with van der Waals surface area (Å²) in [5.41, 5.74) is 0. The van der Waals surface area contributed by atoms with Crippen LogP contribution in [-0.2, 0) is 0 Å². The number of amides is 1. The molecule has 1 amide bonds. The van der Waals surface area contributed by atoms with Crippen molar-refractivity contribution < 1.29 is 4.79 Å². The summed E-state index contributed by atoms with van der Waals surface area (Å²) in [6, 6.07) is 0.816. The highest BCUT2D eigenvalue weighted by molar-refractivity contribution is 9.18. The minimum absolute atomic E-state index is 0.0391. The molecule has 0 aromatic heterocycles. The minimum Gasteiger partial charge on any atom is -0.328 e. The molecular weight excluding hydrogens is 206 g/mol. The molecule has 0 N–H and O–H groups in total. The van der Waals surface area contributed by atoms with E-state index in [0.29, 0.717) is 12.1 Å². The van der Waals surface area contributed by atoms with Crippen molar-refractivity contribution in [1.29, 1.82) is 0 Å². The van der Waals surface area contributed by atoms with Crippen LogP contribution in [0.1, 0.15) is 33.1 Å². The molecule has 1 saturated heterocycles. The fraction of sp³-hybridized carbons (Fsp3) is 0.875. The summed E-state index contributed by atoms with van der Waals surface area (Å²) in [6.45, 7) is 4.21. The van der Waals surface area contributed by atoms with Gasteiger partial charge < -0.3 is 4.90 Å². The summed E-state index contributed by atoms with van der Waals surface area (Å²) in [4.78, 5) is 13.0. The Bertz CT molecular complexity index is 150. The molecule has 0 aromatic carbocycles. The van der Waals surface area contributed by atoms with Crippen LogP contribution in [0.2, 0.25) is 0 Å². The summed E-state index contributed by atoms with van der Waals surface area (Å²) in [7, 11) is 0. The number of carbonyl (C=O) groups is 1. The summed E-state index contributed by atoms with van der Waals surface area (Å²) in [5.74, 6) is 0. The average molecular weight is 220 g/mol. The van der Waals surface area contributed by atoms with Crippen LogP contribution in [0.3, 0.4) is 0 Å². The summed E-state index contributed by atoms with van der Waals surface area (Å²) < 4.78 is 0. The fourth-order valence-corrected chi connectivity index (χ4v) is 2.47. The highest BCUT2D eigenvalue weighted by Crippen LogP contribution is 2.23. The molecule has 3 heteroatoms. The summed E-state index contributed by atoms with van der Waals surface area (Å²) in [5, 5.41) is 0. The molecule has 2 unspecified atom stereocenters. The number of likely N-dealkylation sites (tertiary alicyclic amines) is 1.